The Balaban J connectivity index is 2.47. The van der Waals surface area contributed by atoms with E-state index in [0.717, 1.165) is 6.41 Å². The third-order valence-electron chi connectivity index (χ3n) is 2.30. The summed E-state index contributed by atoms with van der Waals surface area (Å²) in [4.78, 5) is 10.3. The Morgan fingerprint density at radius 2 is 2.21 bits per heavy atom. The van der Waals surface area contributed by atoms with E-state index < -0.39 is 0 Å². The number of carbonyl (C=O) groups is 1. The van der Waals surface area contributed by atoms with E-state index in [1.165, 1.54) is 15.6 Å². The number of carbonyl (C=O) groups excluding carboxylic acids is 1. The molecular formula is C11H11NOS. The molecule has 1 heterocycles. The quantitative estimate of drug-likeness (QED) is 0.767. The van der Waals surface area contributed by atoms with Gasteiger partial charge in [0.05, 0.1) is 6.04 Å². The van der Waals surface area contributed by atoms with Crippen molar-refractivity contribution in [1.29, 1.82) is 0 Å². The van der Waals surface area contributed by atoms with E-state index >= 15 is 0 Å². The maximum Gasteiger partial charge on any atom is 0.207 e. The molecule has 0 aliphatic heterocycles. The zero-order chi connectivity index (χ0) is 9.97. The first-order valence-electron chi connectivity index (χ1n) is 4.48. The molecule has 1 aromatic heterocycles. The highest BCUT2D eigenvalue weighted by Crippen LogP contribution is 2.29. The van der Waals surface area contributed by atoms with Crippen molar-refractivity contribution >= 4 is 27.8 Å². The summed E-state index contributed by atoms with van der Waals surface area (Å²) < 4.78 is 1.27. The van der Waals surface area contributed by atoms with Crippen LogP contribution in [0.25, 0.3) is 10.1 Å². The lowest BCUT2D eigenvalue weighted by atomic mass is 10.1. The standard InChI is InChI=1S/C11H11NOS/c1-8(12-7-13)10-6-14-11-5-3-2-4-9(10)11/h2-8H,1H3,(H,12,13). The Morgan fingerprint density at radius 3 is 3.00 bits per heavy atom. The van der Waals surface area contributed by atoms with Gasteiger partial charge in [0.25, 0.3) is 0 Å². The highest BCUT2D eigenvalue weighted by molar-refractivity contribution is 7.17. The first kappa shape index (κ1) is 9.21. The predicted octanol–water partition coefficient (Wildman–Crippen LogP) is 2.71. The van der Waals surface area contributed by atoms with Crippen molar-refractivity contribution in [2.45, 2.75) is 13.0 Å². The molecule has 72 valence electrons. The van der Waals surface area contributed by atoms with Crippen molar-refractivity contribution in [3.05, 3.63) is 35.2 Å². The highest BCUT2D eigenvalue weighted by Gasteiger charge is 2.09. The van der Waals surface area contributed by atoms with Crippen LogP contribution in [0.4, 0.5) is 0 Å². The van der Waals surface area contributed by atoms with E-state index in [-0.39, 0.29) is 6.04 Å². The summed E-state index contributed by atoms with van der Waals surface area (Å²) in [7, 11) is 0. The third-order valence-corrected chi connectivity index (χ3v) is 3.28. The normalized spacial score (nSPS) is 12.6. The topological polar surface area (TPSA) is 29.1 Å². The zero-order valence-corrected chi connectivity index (χ0v) is 8.67. The largest absolute Gasteiger partial charge is 0.352 e. The average Bonchev–Trinajstić information content (AvgIpc) is 2.61. The monoisotopic (exact) mass is 205 g/mol. The van der Waals surface area contributed by atoms with E-state index in [4.69, 9.17) is 0 Å². The van der Waals surface area contributed by atoms with Gasteiger partial charge in [-0.3, -0.25) is 4.79 Å². The Morgan fingerprint density at radius 1 is 1.43 bits per heavy atom. The summed E-state index contributed by atoms with van der Waals surface area (Å²) in [6.07, 6.45) is 0.747. The number of fused-ring (bicyclic) bond motifs is 1. The fourth-order valence-electron chi connectivity index (χ4n) is 1.53. The minimum absolute atomic E-state index is 0.0867. The van der Waals surface area contributed by atoms with Crippen LogP contribution in [0.5, 0.6) is 0 Å². The van der Waals surface area contributed by atoms with Crippen molar-refractivity contribution in [3.8, 4) is 0 Å². The Bertz CT molecular complexity index is 449. The summed E-state index contributed by atoms with van der Waals surface area (Å²) >= 11 is 1.71. The van der Waals surface area contributed by atoms with Crippen LogP contribution in [-0.2, 0) is 4.79 Å². The van der Waals surface area contributed by atoms with Gasteiger partial charge in [0, 0.05) is 4.70 Å². The number of nitrogens with one attached hydrogen (secondary N) is 1. The molecular weight excluding hydrogens is 194 g/mol. The zero-order valence-electron chi connectivity index (χ0n) is 7.86. The smallest absolute Gasteiger partial charge is 0.207 e. The first-order valence-corrected chi connectivity index (χ1v) is 5.36. The number of amides is 1. The molecule has 0 aliphatic rings. The minimum atomic E-state index is 0.0867. The SMILES string of the molecule is CC(NC=O)c1csc2ccccc12. The van der Waals surface area contributed by atoms with Crippen LogP contribution in [0.3, 0.4) is 0 Å². The second-order valence-electron chi connectivity index (χ2n) is 3.19. The van der Waals surface area contributed by atoms with E-state index in [9.17, 15) is 4.79 Å². The van der Waals surface area contributed by atoms with E-state index in [1.54, 1.807) is 11.3 Å². The number of hydrogen-bond donors (Lipinski definition) is 1. The van der Waals surface area contributed by atoms with Crippen molar-refractivity contribution in [3.63, 3.8) is 0 Å². The summed E-state index contributed by atoms with van der Waals surface area (Å²) in [6, 6.07) is 8.32. The van der Waals surface area contributed by atoms with E-state index in [1.807, 2.05) is 19.1 Å². The van der Waals surface area contributed by atoms with Gasteiger partial charge < -0.3 is 5.32 Å². The molecule has 0 saturated carbocycles. The highest BCUT2D eigenvalue weighted by atomic mass is 32.1. The lowest BCUT2D eigenvalue weighted by Gasteiger charge is -2.08. The number of hydrogen-bond acceptors (Lipinski definition) is 2. The molecule has 0 fully saturated rings. The maximum atomic E-state index is 10.3. The Kier molecular flexibility index (Phi) is 2.50. The molecule has 2 nitrogen and oxygen atoms in total. The molecule has 14 heavy (non-hydrogen) atoms. The minimum Gasteiger partial charge on any atom is -0.352 e. The van der Waals surface area contributed by atoms with Gasteiger partial charge >= 0.3 is 0 Å². The van der Waals surface area contributed by atoms with Crippen LogP contribution in [0.1, 0.15) is 18.5 Å². The van der Waals surface area contributed by atoms with Crippen molar-refractivity contribution in [2.24, 2.45) is 0 Å². The number of thiophene rings is 1. The van der Waals surface area contributed by atoms with Gasteiger partial charge in [-0.1, -0.05) is 18.2 Å². The Hall–Kier alpha value is -1.35. The maximum absolute atomic E-state index is 10.3. The van der Waals surface area contributed by atoms with Gasteiger partial charge in [-0.2, -0.15) is 0 Å². The van der Waals surface area contributed by atoms with Crippen LogP contribution in [-0.4, -0.2) is 6.41 Å². The van der Waals surface area contributed by atoms with E-state index in [0.29, 0.717) is 0 Å². The molecule has 0 aliphatic carbocycles. The van der Waals surface area contributed by atoms with Gasteiger partial charge in [-0.15, -0.1) is 11.3 Å². The summed E-state index contributed by atoms with van der Waals surface area (Å²) in [6.45, 7) is 1.99. The van der Waals surface area contributed by atoms with Gasteiger partial charge in [-0.05, 0) is 29.3 Å². The summed E-state index contributed by atoms with van der Waals surface area (Å²) in [5, 5.41) is 6.10. The van der Waals surface area contributed by atoms with Crippen LogP contribution in [0, 0.1) is 0 Å². The number of benzene rings is 1. The van der Waals surface area contributed by atoms with Crippen molar-refractivity contribution in [1.82, 2.24) is 5.32 Å². The second kappa shape index (κ2) is 3.80. The van der Waals surface area contributed by atoms with Crippen LogP contribution >= 0.6 is 11.3 Å². The van der Waals surface area contributed by atoms with Gasteiger partial charge in [0.2, 0.25) is 6.41 Å². The molecule has 0 radical (unpaired) electrons. The molecule has 1 unspecified atom stereocenters. The molecule has 0 saturated heterocycles. The molecule has 2 aromatic rings. The van der Waals surface area contributed by atoms with Crippen LogP contribution in [0.15, 0.2) is 29.6 Å². The lowest BCUT2D eigenvalue weighted by Crippen LogP contribution is -2.15. The summed E-state index contributed by atoms with van der Waals surface area (Å²) in [5.74, 6) is 0. The predicted molar refractivity (Wildman–Crippen MR) is 59.4 cm³/mol. The van der Waals surface area contributed by atoms with Gasteiger partial charge in [-0.25, -0.2) is 0 Å². The Labute approximate surface area is 86.6 Å². The molecule has 1 amide bonds. The molecule has 3 heteroatoms. The molecule has 1 aromatic carbocycles. The molecule has 1 N–H and O–H groups in total. The average molecular weight is 205 g/mol. The second-order valence-corrected chi connectivity index (χ2v) is 4.10. The molecule has 0 bridgehead atoms. The molecule has 0 spiro atoms. The van der Waals surface area contributed by atoms with Crippen LogP contribution < -0.4 is 5.32 Å². The summed E-state index contributed by atoms with van der Waals surface area (Å²) in [5.41, 5.74) is 1.19. The number of rotatable bonds is 3. The van der Waals surface area contributed by atoms with Gasteiger partial charge in [0.1, 0.15) is 0 Å². The molecule has 1 atom stereocenters. The third kappa shape index (κ3) is 1.51. The van der Waals surface area contributed by atoms with E-state index in [2.05, 4.69) is 22.8 Å². The fraction of sp³-hybridized carbons (Fsp3) is 0.182. The fourth-order valence-corrected chi connectivity index (χ4v) is 2.58. The lowest BCUT2D eigenvalue weighted by molar-refractivity contribution is -0.110. The molecule has 2 rings (SSSR count). The van der Waals surface area contributed by atoms with Gasteiger partial charge in [0.15, 0.2) is 0 Å². The van der Waals surface area contributed by atoms with Crippen molar-refractivity contribution in [2.75, 3.05) is 0 Å². The van der Waals surface area contributed by atoms with Crippen molar-refractivity contribution < 1.29 is 4.79 Å². The van der Waals surface area contributed by atoms with Crippen LogP contribution in [0.2, 0.25) is 0 Å². The first-order chi connectivity index (χ1) is 6.83.